The maximum atomic E-state index is 13.5. The molecule has 6 aromatic rings. The minimum atomic E-state index is -0.310. The summed E-state index contributed by atoms with van der Waals surface area (Å²) in [6.45, 7) is 0.309. The minimum Gasteiger partial charge on any atom is -0.244 e. The third-order valence-corrected chi connectivity index (χ3v) is 6.83. The van der Waals surface area contributed by atoms with Crippen molar-refractivity contribution in [3.8, 4) is 33.4 Å². The number of nitrogens with zero attached hydrogens (tertiary/aromatic N) is 4. The lowest BCUT2D eigenvalue weighted by Gasteiger charge is -2.11. The van der Waals surface area contributed by atoms with Gasteiger partial charge in [-0.15, -0.1) is 5.10 Å². The van der Waals surface area contributed by atoms with Gasteiger partial charge in [0.15, 0.2) is 5.65 Å². The number of aromatic nitrogens is 4. The first-order chi connectivity index (χ1) is 18.1. The standard InChI is InChI=1S/C30H20Cl2N4O/c31-24-14-10-21(11-15-24)27-18-33-36-29(28(27)22-12-16-25(32)17-13-22)34-35(30(36)37)19-23-8-4-5-9-26(23)20-6-2-1-3-7-20/h1-18H,19H2. The van der Waals surface area contributed by atoms with E-state index in [-0.39, 0.29) is 5.69 Å². The second-order valence-corrected chi connectivity index (χ2v) is 9.52. The first kappa shape index (κ1) is 23.2. The molecular formula is C30H20Cl2N4O. The van der Waals surface area contributed by atoms with E-state index in [0.717, 1.165) is 38.9 Å². The molecule has 0 unspecified atom stereocenters. The summed E-state index contributed by atoms with van der Waals surface area (Å²) in [6, 6.07) is 33.2. The molecule has 0 N–H and O–H groups in total. The van der Waals surface area contributed by atoms with Gasteiger partial charge in [-0.3, -0.25) is 0 Å². The second-order valence-electron chi connectivity index (χ2n) is 8.65. The van der Waals surface area contributed by atoms with Crippen molar-refractivity contribution in [3.63, 3.8) is 0 Å². The van der Waals surface area contributed by atoms with Crippen LogP contribution in [0.1, 0.15) is 5.56 Å². The van der Waals surface area contributed by atoms with Crippen LogP contribution in [0.2, 0.25) is 10.0 Å². The Morgan fingerprint density at radius 3 is 1.95 bits per heavy atom. The van der Waals surface area contributed by atoms with E-state index >= 15 is 0 Å². The quantitative estimate of drug-likeness (QED) is 0.239. The average molecular weight is 523 g/mol. The Morgan fingerprint density at radius 1 is 0.649 bits per heavy atom. The molecule has 0 aliphatic rings. The predicted octanol–water partition coefficient (Wildman–Crippen LogP) is 7.25. The third kappa shape index (κ3) is 4.44. The molecule has 0 saturated heterocycles. The molecule has 0 saturated carbocycles. The SMILES string of the molecule is O=c1n(Cc2ccccc2-c2ccccc2)nc2c(-c3ccc(Cl)cc3)c(-c3ccc(Cl)cc3)cnn12. The molecule has 0 radical (unpaired) electrons. The van der Waals surface area contributed by atoms with Crippen molar-refractivity contribution in [3.05, 3.63) is 135 Å². The van der Waals surface area contributed by atoms with E-state index in [2.05, 4.69) is 23.3 Å². The summed E-state index contributed by atoms with van der Waals surface area (Å²) >= 11 is 12.3. The molecule has 0 atom stereocenters. The summed E-state index contributed by atoms with van der Waals surface area (Å²) in [4.78, 5) is 13.5. The number of rotatable bonds is 5. The van der Waals surface area contributed by atoms with E-state index in [9.17, 15) is 4.79 Å². The van der Waals surface area contributed by atoms with E-state index < -0.39 is 0 Å². The molecule has 4 aromatic carbocycles. The Bertz CT molecular complexity index is 1770. The van der Waals surface area contributed by atoms with Crippen molar-refractivity contribution in [2.75, 3.05) is 0 Å². The molecule has 7 heteroatoms. The predicted molar refractivity (Wildman–Crippen MR) is 149 cm³/mol. The van der Waals surface area contributed by atoms with E-state index in [1.54, 1.807) is 6.20 Å². The number of hydrogen-bond acceptors (Lipinski definition) is 3. The summed E-state index contributed by atoms with van der Waals surface area (Å²) in [5, 5.41) is 10.5. The van der Waals surface area contributed by atoms with E-state index in [1.807, 2.05) is 84.9 Å². The van der Waals surface area contributed by atoms with Crippen molar-refractivity contribution in [1.82, 2.24) is 19.4 Å². The smallest absolute Gasteiger partial charge is 0.244 e. The van der Waals surface area contributed by atoms with Gasteiger partial charge in [0.05, 0.1) is 12.7 Å². The Morgan fingerprint density at radius 2 is 1.24 bits per heavy atom. The van der Waals surface area contributed by atoms with Gasteiger partial charge in [0.25, 0.3) is 0 Å². The lowest BCUT2D eigenvalue weighted by molar-refractivity contribution is 0.651. The number of fused-ring (bicyclic) bond motifs is 1. The highest BCUT2D eigenvalue weighted by Crippen LogP contribution is 2.35. The normalized spacial score (nSPS) is 11.2. The van der Waals surface area contributed by atoms with Crippen LogP contribution in [-0.4, -0.2) is 19.4 Å². The topological polar surface area (TPSA) is 52.2 Å². The number of benzene rings is 4. The Hall–Kier alpha value is -4.19. The van der Waals surface area contributed by atoms with Crippen LogP contribution in [0.25, 0.3) is 39.0 Å². The summed E-state index contributed by atoms with van der Waals surface area (Å²) in [5.41, 5.74) is 6.72. The van der Waals surface area contributed by atoms with Crippen LogP contribution in [0.3, 0.4) is 0 Å². The van der Waals surface area contributed by atoms with Crippen LogP contribution in [0.15, 0.2) is 114 Å². The van der Waals surface area contributed by atoms with Gasteiger partial charge in [-0.25, -0.2) is 9.48 Å². The van der Waals surface area contributed by atoms with E-state index in [1.165, 1.54) is 9.20 Å². The monoisotopic (exact) mass is 522 g/mol. The Labute approximate surface area is 223 Å². The fourth-order valence-corrected chi connectivity index (χ4v) is 4.78. The van der Waals surface area contributed by atoms with Gasteiger partial charge in [-0.1, -0.05) is 102 Å². The molecule has 0 fully saturated rings. The summed E-state index contributed by atoms with van der Waals surface area (Å²) in [6.07, 6.45) is 1.70. The summed E-state index contributed by atoms with van der Waals surface area (Å²) in [5.74, 6) is 0. The highest BCUT2D eigenvalue weighted by atomic mass is 35.5. The highest BCUT2D eigenvalue weighted by Gasteiger charge is 2.19. The van der Waals surface area contributed by atoms with Gasteiger partial charge >= 0.3 is 5.69 Å². The average Bonchev–Trinajstić information content (AvgIpc) is 3.25. The molecule has 0 spiro atoms. The zero-order valence-electron chi connectivity index (χ0n) is 19.6. The van der Waals surface area contributed by atoms with Crippen LogP contribution in [0.4, 0.5) is 0 Å². The van der Waals surface area contributed by atoms with Crippen LogP contribution in [0.5, 0.6) is 0 Å². The highest BCUT2D eigenvalue weighted by molar-refractivity contribution is 6.31. The molecule has 0 amide bonds. The van der Waals surface area contributed by atoms with Crippen LogP contribution >= 0.6 is 23.2 Å². The van der Waals surface area contributed by atoms with Crippen molar-refractivity contribution in [2.45, 2.75) is 6.54 Å². The zero-order chi connectivity index (χ0) is 25.4. The first-order valence-corrected chi connectivity index (χ1v) is 12.5. The largest absolute Gasteiger partial charge is 0.367 e. The van der Waals surface area contributed by atoms with Crippen molar-refractivity contribution < 1.29 is 0 Å². The molecule has 0 bridgehead atoms. The lowest BCUT2D eigenvalue weighted by atomic mass is 9.97. The maximum Gasteiger partial charge on any atom is 0.367 e. The van der Waals surface area contributed by atoms with Crippen LogP contribution in [-0.2, 0) is 6.54 Å². The molecule has 180 valence electrons. The van der Waals surface area contributed by atoms with Crippen LogP contribution in [0, 0.1) is 0 Å². The maximum absolute atomic E-state index is 13.5. The molecule has 2 aromatic heterocycles. The molecule has 6 rings (SSSR count). The second kappa shape index (κ2) is 9.69. The van der Waals surface area contributed by atoms with Gasteiger partial charge in [-0.05, 0) is 52.1 Å². The van der Waals surface area contributed by atoms with Gasteiger partial charge in [0, 0.05) is 21.2 Å². The van der Waals surface area contributed by atoms with Gasteiger partial charge in [-0.2, -0.15) is 9.61 Å². The van der Waals surface area contributed by atoms with Gasteiger partial charge < -0.3 is 0 Å². The van der Waals surface area contributed by atoms with E-state index in [0.29, 0.717) is 22.2 Å². The molecule has 0 aliphatic carbocycles. The summed E-state index contributed by atoms with van der Waals surface area (Å²) in [7, 11) is 0. The minimum absolute atomic E-state index is 0.309. The fourth-order valence-electron chi connectivity index (χ4n) is 4.53. The zero-order valence-corrected chi connectivity index (χ0v) is 21.1. The van der Waals surface area contributed by atoms with Gasteiger partial charge in [0.1, 0.15) is 0 Å². The number of hydrogen-bond donors (Lipinski definition) is 0. The Balaban J connectivity index is 1.54. The lowest BCUT2D eigenvalue weighted by Crippen LogP contribution is -2.23. The van der Waals surface area contributed by atoms with Crippen LogP contribution < -0.4 is 5.69 Å². The van der Waals surface area contributed by atoms with E-state index in [4.69, 9.17) is 28.3 Å². The molecular weight excluding hydrogens is 503 g/mol. The molecule has 5 nitrogen and oxygen atoms in total. The third-order valence-electron chi connectivity index (χ3n) is 6.32. The fraction of sp³-hybridized carbons (Fsp3) is 0.0333. The first-order valence-electron chi connectivity index (χ1n) is 11.7. The molecule has 2 heterocycles. The van der Waals surface area contributed by atoms with Crippen molar-refractivity contribution >= 4 is 28.8 Å². The number of halogens is 2. The molecule has 0 aliphatic heterocycles. The Kier molecular flexibility index (Phi) is 6.08. The van der Waals surface area contributed by atoms with Gasteiger partial charge in [0.2, 0.25) is 0 Å². The van der Waals surface area contributed by atoms with Crippen molar-refractivity contribution in [2.24, 2.45) is 0 Å². The molecule has 37 heavy (non-hydrogen) atoms. The summed E-state index contributed by atoms with van der Waals surface area (Å²) < 4.78 is 2.82. The van der Waals surface area contributed by atoms with Crippen molar-refractivity contribution in [1.29, 1.82) is 0 Å².